The summed E-state index contributed by atoms with van der Waals surface area (Å²) in [6, 6.07) is 11.1. The Hall–Kier alpha value is -2.91. The van der Waals surface area contributed by atoms with Crippen molar-refractivity contribution in [2.24, 2.45) is 5.92 Å². The van der Waals surface area contributed by atoms with Gasteiger partial charge in [-0.1, -0.05) is 36.8 Å². The Morgan fingerprint density at radius 1 is 1.15 bits per heavy atom. The van der Waals surface area contributed by atoms with Gasteiger partial charge in [0.15, 0.2) is 6.10 Å². The van der Waals surface area contributed by atoms with Gasteiger partial charge < -0.3 is 15.4 Å². The summed E-state index contributed by atoms with van der Waals surface area (Å²) in [4.78, 5) is 24.9. The number of amides is 2. The summed E-state index contributed by atoms with van der Waals surface area (Å²) >= 11 is 0. The van der Waals surface area contributed by atoms with Gasteiger partial charge in [-0.15, -0.1) is 0 Å². The van der Waals surface area contributed by atoms with Crippen LogP contribution in [0.4, 0.5) is 5.69 Å². The zero-order valence-electron chi connectivity index (χ0n) is 19.8. The van der Waals surface area contributed by atoms with Gasteiger partial charge in [0.25, 0.3) is 5.91 Å². The lowest BCUT2D eigenvalue weighted by atomic mass is 9.97. The Labute approximate surface area is 200 Å². The lowest BCUT2D eigenvalue weighted by molar-refractivity contribution is -0.126. The van der Waals surface area contributed by atoms with Gasteiger partial charge >= 0.3 is 0 Å². The topological polar surface area (TPSA) is 105 Å². The maximum Gasteiger partial charge on any atom is 0.265 e. The van der Waals surface area contributed by atoms with Gasteiger partial charge in [0.05, 0.1) is 10.6 Å². The number of sulfonamides is 1. The number of hydrogen-bond donors (Lipinski definition) is 2. The molecule has 8 nitrogen and oxygen atoms in total. The highest BCUT2D eigenvalue weighted by molar-refractivity contribution is 7.89. The van der Waals surface area contributed by atoms with E-state index in [0.29, 0.717) is 42.8 Å². The number of benzene rings is 2. The van der Waals surface area contributed by atoms with E-state index in [4.69, 9.17) is 4.74 Å². The number of hydrogen-bond acceptors (Lipinski definition) is 5. The predicted molar refractivity (Wildman–Crippen MR) is 129 cm³/mol. The average Bonchev–Trinajstić information content (AvgIpc) is 2.82. The van der Waals surface area contributed by atoms with Gasteiger partial charge in [0, 0.05) is 31.6 Å². The number of nitrogens with one attached hydrogen (secondary N) is 2. The van der Waals surface area contributed by atoms with Crippen LogP contribution in [-0.4, -0.2) is 43.7 Å². The Balaban J connectivity index is 1.40. The number of ether oxygens (including phenoxy) is 1. The first-order valence-corrected chi connectivity index (χ1v) is 13.1. The van der Waals surface area contributed by atoms with Gasteiger partial charge in [-0.25, -0.2) is 8.42 Å². The van der Waals surface area contributed by atoms with E-state index in [-0.39, 0.29) is 35.7 Å². The van der Waals surface area contributed by atoms with Crippen LogP contribution in [0, 0.1) is 19.8 Å². The molecule has 2 amide bonds. The van der Waals surface area contributed by atoms with Crippen molar-refractivity contribution >= 4 is 27.5 Å². The normalized spacial score (nSPS) is 19.1. The van der Waals surface area contributed by atoms with E-state index in [2.05, 4.69) is 10.6 Å². The number of carbonyl (C=O) groups excluding carboxylic acids is 2. The number of rotatable bonds is 6. The first kappa shape index (κ1) is 24.2. The molecule has 1 fully saturated rings. The highest BCUT2D eigenvalue weighted by Crippen LogP contribution is 2.36. The van der Waals surface area contributed by atoms with Crippen LogP contribution >= 0.6 is 0 Å². The highest BCUT2D eigenvalue weighted by atomic mass is 32.2. The highest BCUT2D eigenvalue weighted by Gasteiger charge is 2.35. The summed E-state index contributed by atoms with van der Waals surface area (Å²) in [6.07, 6.45) is 0.779. The molecule has 4 rings (SSSR count). The molecule has 0 spiro atoms. The molecule has 0 bridgehead atoms. The molecule has 0 saturated carbocycles. The second-order valence-corrected chi connectivity index (χ2v) is 10.9. The molecule has 2 N–H and O–H groups in total. The zero-order valence-corrected chi connectivity index (χ0v) is 20.6. The molecule has 2 aromatic carbocycles. The number of aryl methyl sites for hydroxylation is 2. The molecule has 2 aliphatic rings. The van der Waals surface area contributed by atoms with Gasteiger partial charge in [0.2, 0.25) is 15.9 Å². The average molecular weight is 486 g/mol. The fraction of sp³-hybridized carbons (Fsp3) is 0.440. The number of anilines is 1. The molecule has 2 aliphatic heterocycles. The Morgan fingerprint density at radius 3 is 2.47 bits per heavy atom. The smallest absolute Gasteiger partial charge is 0.265 e. The quantitative estimate of drug-likeness (QED) is 0.654. The SMILES string of the molecule is CC[C@H]1Oc2cc(S(=O)(=O)N3CCC(C(=O)NCc4ccc(C)cc4)CC3)c(C)cc2NC1=O. The number of carbonyl (C=O) groups is 2. The van der Waals surface area contributed by atoms with Crippen LogP contribution in [0.25, 0.3) is 0 Å². The molecular weight excluding hydrogens is 454 g/mol. The van der Waals surface area contributed by atoms with Crippen molar-refractivity contribution in [3.63, 3.8) is 0 Å². The molecule has 2 heterocycles. The van der Waals surface area contributed by atoms with Crippen molar-refractivity contribution in [2.75, 3.05) is 18.4 Å². The second kappa shape index (κ2) is 9.76. The van der Waals surface area contributed by atoms with E-state index in [1.165, 1.54) is 15.9 Å². The maximum atomic E-state index is 13.4. The van der Waals surface area contributed by atoms with Crippen LogP contribution in [0.1, 0.15) is 42.9 Å². The van der Waals surface area contributed by atoms with E-state index in [1.807, 2.05) is 38.1 Å². The van der Waals surface area contributed by atoms with Gasteiger partial charge in [-0.05, 0) is 50.3 Å². The lowest BCUT2D eigenvalue weighted by Gasteiger charge is -2.32. The standard InChI is InChI=1S/C25H31N3O5S/c1-4-21-25(30)27-20-13-17(3)23(14-22(20)33-21)34(31,32)28-11-9-19(10-12-28)24(29)26-15-18-7-5-16(2)6-8-18/h5-8,13-14,19,21H,4,9-12,15H2,1-3H3,(H,26,29)(H,27,30)/t21-/m1/s1. The molecule has 9 heteroatoms. The summed E-state index contributed by atoms with van der Waals surface area (Å²) in [7, 11) is -3.76. The van der Waals surface area contributed by atoms with Crippen LogP contribution < -0.4 is 15.4 Å². The largest absolute Gasteiger partial charge is 0.478 e. The van der Waals surface area contributed by atoms with Crippen LogP contribution in [0.15, 0.2) is 41.3 Å². The van der Waals surface area contributed by atoms with Crippen molar-refractivity contribution in [3.05, 3.63) is 53.1 Å². The van der Waals surface area contributed by atoms with Crippen LogP contribution in [-0.2, 0) is 26.2 Å². The molecular formula is C25H31N3O5S. The van der Waals surface area contributed by atoms with Gasteiger partial charge in [0.1, 0.15) is 5.75 Å². The van der Waals surface area contributed by atoms with Crippen molar-refractivity contribution < 1.29 is 22.7 Å². The Kier molecular flexibility index (Phi) is 6.95. The summed E-state index contributed by atoms with van der Waals surface area (Å²) < 4.78 is 34.0. The first-order valence-electron chi connectivity index (χ1n) is 11.6. The lowest BCUT2D eigenvalue weighted by Crippen LogP contribution is -2.43. The minimum Gasteiger partial charge on any atom is -0.478 e. The van der Waals surface area contributed by atoms with Crippen LogP contribution in [0.3, 0.4) is 0 Å². The monoisotopic (exact) mass is 485 g/mol. The van der Waals surface area contributed by atoms with Gasteiger partial charge in [-0.2, -0.15) is 4.31 Å². The molecule has 34 heavy (non-hydrogen) atoms. The number of piperidine rings is 1. The second-order valence-electron chi connectivity index (χ2n) is 9.00. The fourth-order valence-electron chi connectivity index (χ4n) is 4.37. The Morgan fingerprint density at radius 2 is 1.82 bits per heavy atom. The van der Waals surface area contributed by atoms with E-state index >= 15 is 0 Å². The van der Waals surface area contributed by atoms with Crippen molar-refractivity contribution in [2.45, 2.75) is 57.6 Å². The third kappa shape index (κ3) is 4.95. The Bertz CT molecular complexity index is 1190. The van der Waals surface area contributed by atoms with Crippen molar-refractivity contribution in [1.29, 1.82) is 0 Å². The molecule has 0 unspecified atom stereocenters. The zero-order chi connectivity index (χ0) is 24.5. The fourth-order valence-corrected chi connectivity index (χ4v) is 6.06. The summed E-state index contributed by atoms with van der Waals surface area (Å²) in [5.41, 5.74) is 3.22. The first-order chi connectivity index (χ1) is 16.2. The minimum absolute atomic E-state index is 0.0441. The molecule has 182 valence electrons. The maximum absolute atomic E-state index is 13.4. The predicted octanol–water partition coefficient (Wildman–Crippen LogP) is 3.13. The van der Waals surface area contributed by atoms with Crippen molar-refractivity contribution in [3.8, 4) is 5.75 Å². The van der Waals surface area contributed by atoms with E-state index in [0.717, 1.165) is 5.56 Å². The van der Waals surface area contributed by atoms with E-state index in [1.54, 1.807) is 13.0 Å². The molecule has 0 aliphatic carbocycles. The minimum atomic E-state index is -3.76. The third-order valence-electron chi connectivity index (χ3n) is 6.50. The molecule has 0 aromatic heterocycles. The molecule has 2 aromatic rings. The van der Waals surface area contributed by atoms with Crippen LogP contribution in [0.2, 0.25) is 0 Å². The number of nitrogens with zero attached hydrogens (tertiary/aromatic N) is 1. The van der Waals surface area contributed by atoms with Crippen molar-refractivity contribution in [1.82, 2.24) is 9.62 Å². The molecule has 0 radical (unpaired) electrons. The third-order valence-corrected chi connectivity index (χ3v) is 8.54. The summed E-state index contributed by atoms with van der Waals surface area (Å²) in [5.74, 6) is -0.128. The summed E-state index contributed by atoms with van der Waals surface area (Å²) in [5, 5.41) is 5.76. The van der Waals surface area contributed by atoms with Gasteiger partial charge in [-0.3, -0.25) is 9.59 Å². The molecule has 1 saturated heterocycles. The number of fused-ring (bicyclic) bond motifs is 1. The molecule has 1 atom stereocenters. The summed E-state index contributed by atoms with van der Waals surface area (Å²) in [6.45, 7) is 6.57. The van der Waals surface area contributed by atoms with E-state index in [9.17, 15) is 18.0 Å². The van der Waals surface area contributed by atoms with E-state index < -0.39 is 16.1 Å². The van der Waals surface area contributed by atoms with Crippen LogP contribution in [0.5, 0.6) is 5.75 Å².